The molecule has 2 nitrogen and oxygen atoms in total. The SMILES string of the molecule is CC(C)NCc1cccnc1C(C)C. The van der Waals surface area contributed by atoms with Crippen LogP contribution in [0.15, 0.2) is 18.3 Å². The van der Waals surface area contributed by atoms with E-state index in [-0.39, 0.29) is 0 Å². The molecule has 0 spiro atoms. The van der Waals surface area contributed by atoms with Gasteiger partial charge in [-0.1, -0.05) is 33.8 Å². The first-order chi connectivity index (χ1) is 6.61. The van der Waals surface area contributed by atoms with E-state index in [9.17, 15) is 0 Å². The Balaban J connectivity index is 2.74. The second-order valence-corrected chi connectivity index (χ2v) is 4.24. The molecule has 1 aromatic heterocycles. The summed E-state index contributed by atoms with van der Waals surface area (Å²) in [5, 5.41) is 3.42. The van der Waals surface area contributed by atoms with Gasteiger partial charge in [0.05, 0.1) is 0 Å². The molecule has 0 aromatic carbocycles. The highest BCUT2D eigenvalue weighted by Gasteiger charge is 2.06. The second-order valence-electron chi connectivity index (χ2n) is 4.24. The Kier molecular flexibility index (Phi) is 4.08. The summed E-state index contributed by atoms with van der Waals surface area (Å²) < 4.78 is 0. The van der Waals surface area contributed by atoms with Crippen LogP contribution in [0.1, 0.15) is 44.9 Å². The van der Waals surface area contributed by atoms with Crippen LogP contribution in [0.2, 0.25) is 0 Å². The Morgan fingerprint density at radius 3 is 2.57 bits per heavy atom. The largest absolute Gasteiger partial charge is 0.310 e. The summed E-state index contributed by atoms with van der Waals surface area (Å²) in [6.07, 6.45) is 1.87. The molecule has 0 fully saturated rings. The maximum atomic E-state index is 4.42. The third kappa shape index (κ3) is 3.11. The molecule has 0 aliphatic rings. The zero-order valence-electron chi connectivity index (χ0n) is 9.54. The van der Waals surface area contributed by atoms with Gasteiger partial charge < -0.3 is 5.32 Å². The molecule has 0 saturated heterocycles. The summed E-state index contributed by atoms with van der Waals surface area (Å²) in [5.74, 6) is 0.500. The van der Waals surface area contributed by atoms with Crippen molar-refractivity contribution in [2.24, 2.45) is 0 Å². The van der Waals surface area contributed by atoms with Crippen molar-refractivity contribution < 1.29 is 0 Å². The van der Waals surface area contributed by atoms with Crippen molar-refractivity contribution in [3.05, 3.63) is 29.6 Å². The van der Waals surface area contributed by atoms with Gasteiger partial charge in [0, 0.05) is 24.5 Å². The molecule has 0 amide bonds. The van der Waals surface area contributed by atoms with E-state index in [2.05, 4.69) is 44.1 Å². The normalized spacial score (nSPS) is 11.3. The van der Waals surface area contributed by atoms with Crippen LogP contribution in [0, 0.1) is 0 Å². The van der Waals surface area contributed by atoms with Crippen LogP contribution in [0.5, 0.6) is 0 Å². The molecule has 2 heteroatoms. The minimum absolute atomic E-state index is 0.500. The molecule has 1 N–H and O–H groups in total. The van der Waals surface area contributed by atoms with Crippen molar-refractivity contribution in [1.82, 2.24) is 10.3 Å². The fourth-order valence-corrected chi connectivity index (χ4v) is 1.43. The molecule has 0 aliphatic carbocycles. The Hall–Kier alpha value is -0.890. The number of hydrogen-bond donors (Lipinski definition) is 1. The van der Waals surface area contributed by atoms with Gasteiger partial charge in [0.1, 0.15) is 0 Å². The fraction of sp³-hybridized carbons (Fsp3) is 0.583. The first-order valence-electron chi connectivity index (χ1n) is 5.28. The van der Waals surface area contributed by atoms with Gasteiger partial charge in [-0.2, -0.15) is 0 Å². The monoisotopic (exact) mass is 192 g/mol. The van der Waals surface area contributed by atoms with Gasteiger partial charge in [-0.15, -0.1) is 0 Å². The molecule has 78 valence electrons. The lowest BCUT2D eigenvalue weighted by Crippen LogP contribution is -2.22. The van der Waals surface area contributed by atoms with Crippen LogP contribution in [-0.4, -0.2) is 11.0 Å². The average Bonchev–Trinajstić information content (AvgIpc) is 2.15. The summed E-state index contributed by atoms with van der Waals surface area (Å²) >= 11 is 0. The Morgan fingerprint density at radius 1 is 1.29 bits per heavy atom. The van der Waals surface area contributed by atoms with E-state index in [0.29, 0.717) is 12.0 Å². The van der Waals surface area contributed by atoms with Crippen LogP contribution in [-0.2, 0) is 6.54 Å². The third-order valence-electron chi connectivity index (χ3n) is 2.17. The van der Waals surface area contributed by atoms with Gasteiger partial charge >= 0.3 is 0 Å². The number of hydrogen-bond acceptors (Lipinski definition) is 2. The average molecular weight is 192 g/mol. The van der Waals surface area contributed by atoms with Gasteiger partial charge in [-0.25, -0.2) is 0 Å². The van der Waals surface area contributed by atoms with Gasteiger partial charge in [-0.3, -0.25) is 4.98 Å². The summed E-state index contributed by atoms with van der Waals surface area (Å²) in [5.41, 5.74) is 2.52. The Bertz CT molecular complexity index is 279. The molecule has 0 bridgehead atoms. The number of nitrogens with one attached hydrogen (secondary N) is 1. The quantitative estimate of drug-likeness (QED) is 0.793. The van der Waals surface area contributed by atoms with E-state index in [0.717, 1.165) is 6.54 Å². The lowest BCUT2D eigenvalue weighted by Gasteiger charge is -2.13. The summed E-state index contributed by atoms with van der Waals surface area (Å²) in [6, 6.07) is 4.68. The Morgan fingerprint density at radius 2 is 2.00 bits per heavy atom. The van der Waals surface area contributed by atoms with Crippen molar-refractivity contribution in [3.63, 3.8) is 0 Å². The van der Waals surface area contributed by atoms with Crippen LogP contribution in [0.25, 0.3) is 0 Å². The summed E-state index contributed by atoms with van der Waals surface area (Å²) in [7, 11) is 0. The fourth-order valence-electron chi connectivity index (χ4n) is 1.43. The highest BCUT2D eigenvalue weighted by Crippen LogP contribution is 2.15. The second kappa shape index (κ2) is 5.11. The maximum absolute atomic E-state index is 4.42. The molecule has 14 heavy (non-hydrogen) atoms. The van der Waals surface area contributed by atoms with Crippen molar-refractivity contribution in [3.8, 4) is 0 Å². The van der Waals surface area contributed by atoms with E-state index < -0.39 is 0 Å². The molecule has 1 aromatic rings. The topological polar surface area (TPSA) is 24.9 Å². The van der Waals surface area contributed by atoms with Crippen LogP contribution >= 0.6 is 0 Å². The predicted octanol–water partition coefficient (Wildman–Crippen LogP) is 2.70. The van der Waals surface area contributed by atoms with Gasteiger partial charge in [0.15, 0.2) is 0 Å². The molecular weight excluding hydrogens is 172 g/mol. The molecule has 0 radical (unpaired) electrons. The van der Waals surface area contributed by atoms with Gasteiger partial charge in [0.25, 0.3) is 0 Å². The predicted molar refractivity (Wildman–Crippen MR) is 60.3 cm³/mol. The highest BCUT2D eigenvalue weighted by molar-refractivity contribution is 5.22. The van der Waals surface area contributed by atoms with E-state index in [1.165, 1.54) is 11.3 Å². The molecule has 1 rings (SSSR count). The number of pyridine rings is 1. The van der Waals surface area contributed by atoms with E-state index in [1.54, 1.807) is 0 Å². The molecule has 0 atom stereocenters. The number of nitrogens with zero attached hydrogens (tertiary/aromatic N) is 1. The maximum Gasteiger partial charge on any atom is 0.0473 e. The molecule has 1 heterocycles. The van der Waals surface area contributed by atoms with Crippen molar-refractivity contribution >= 4 is 0 Å². The van der Waals surface area contributed by atoms with Crippen molar-refractivity contribution in [2.45, 2.75) is 46.2 Å². The van der Waals surface area contributed by atoms with E-state index in [1.807, 2.05) is 12.3 Å². The summed E-state index contributed by atoms with van der Waals surface area (Å²) in [4.78, 5) is 4.42. The Labute approximate surface area is 86.8 Å². The molecular formula is C12H20N2. The highest BCUT2D eigenvalue weighted by atomic mass is 14.9. The van der Waals surface area contributed by atoms with E-state index >= 15 is 0 Å². The van der Waals surface area contributed by atoms with Gasteiger partial charge in [-0.05, 0) is 17.5 Å². The van der Waals surface area contributed by atoms with Crippen LogP contribution in [0.3, 0.4) is 0 Å². The molecule has 0 saturated carbocycles. The lowest BCUT2D eigenvalue weighted by molar-refractivity contribution is 0.582. The lowest BCUT2D eigenvalue weighted by atomic mass is 10.0. The zero-order chi connectivity index (χ0) is 10.6. The smallest absolute Gasteiger partial charge is 0.0473 e. The number of rotatable bonds is 4. The first-order valence-corrected chi connectivity index (χ1v) is 5.28. The summed E-state index contributed by atoms with van der Waals surface area (Å²) in [6.45, 7) is 9.60. The van der Waals surface area contributed by atoms with E-state index in [4.69, 9.17) is 0 Å². The first kappa shape index (κ1) is 11.2. The molecule has 0 aliphatic heterocycles. The molecule has 0 unspecified atom stereocenters. The van der Waals surface area contributed by atoms with Crippen LogP contribution in [0.4, 0.5) is 0 Å². The van der Waals surface area contributed by atoms with Crippen LogP contribution < -0.4 is 5.32 Å². The minimum Gasteiger partial charge on any atom is -0.310 e. The third-order valence-corrected chi connectivity index (χ3v) is 2.17. The standard InChI is InChI=1S/C12H20N2/c1-9(2)12-11(6-5-7-13-12)8-14-10(3)4/h5-7,9-10,14H,8H2,1-4H3. The zero-order valence-corrected chi connectivity index (χ0v) is 9.54. The minimum atomic E-state index is 0.500. The number of aromatic nitrogens is 1. The van der Waals surface area contributed by atoms with Crippen molar-refractivity contribution in [2.75, 3.05) is 0 Å². The van der Waals surface area contributed by atoms with Crippen molar-refractivity contribution in [1.29, 1.82) is 0 Å². The van der Waals surface area contributed by atoms with Gasteiger partial charge in [0.2, 0.25) is 0 Å².